The van der Waals surface area contributed by atoms with E-state index in [-0.39, 0.29) is 23.2 Å². The Bertz CT molecular complexity index is 935. The first-order chi connectivity index (χ1) is 13.0. The summed E-state index contributed by atoms with van der Waals surface area (Å²) in [4.78, 5) is 29.0. The van der Waals surface area contributed by atoms with E-state index in [0.29, 0.717) is 17.3 Å². The Kier molecular flexibility index (Phi) is 5.61. The summed E-state index contributed by atoms with van der Waals surface area (Å²) < 4.78 is 0. The molecule has 1 heterocycles. The number of hydrogen-bond donors (Lipinski definition) is 2. The Balaban J connectivity index is 1.70. The van der Waals surface area contributed by atoms with E-state index in [1.54, 1.807) is 30.3 Å². The quantitative estimate of drug-likeness (QED) is 0.693. The molecule has 2 aromatic carbocycles. The second-order valence-electron chi connectivity index (χ2n) is 6.46. The zero-order chi connectivity index (χ0) is 19.2. The number of carbonyl (C=O) groups excluding carboxylic acids is 2. The van der Waals surface area contributed by atoms with Crippen LogP contribution in [0.5, 0.6) is 0 Å². The zero-order valence-corrected chi connectivity index (χ0v) is 15.3. The second kappa shape index (κ2) is 8.27. The van der Waals surface area contributed by atoms with E-state index < -0.39 is 0 Å². The molecule has 0 aliphatic carbocycles. The van der Waals surface area contributed by atoms with Crippen molar-refractivity contribution in [1.29, 1.82) is 0 Å². The predicted octanol–water partition coefficient (Wildman–Crippen LogP) is 4.71. The first-order valence-electron chi connectivity index (χ1n) is 8.77. The van der Waals surface area contributed by atoms with Crippen LogP contribution < -0.4 is 10.6 Å². The number of rotatable bonds is 5. The van der Waals surface area contributed by atoms with Crippen LogP contribution in [0.25, 0.3) is 0 Å². The molecule has 3 aromatic rings. The molecule has 136 valence electrons. The van der Waals surface area contributed by atoms with E-state index in [1.165, 1.54) is 5.56 Å². The van der Waals surface area contributed by atoms with Gasteiger partial charge in [-0.05, 0) is 47.9 Å². The highest BCUT2D eigenvalue weighted by Gasteiger charge is 2.13. The van der Waals surface area contributed by atoms with Crippen molar-refractivity contribution in [2.45, 2.75) is 19.8 Å². The monoisotopic (exact) mass is 359 g/mol. The molecule has 0 spiro atoms. The van der Waals surface area contributed by atoms with Gasteiger partial charge in [-0.25, -0.2) is 4.98 Å². The van der Waals surface area contributed by atoms with E-state index in [9.17, 15) is 9.59 Å². The number of nitrogens with zero attached hydrogens (tertiary/aromatic N) is 1. The van der Waals surface area contributed by atoms with E-state index in [2.05, 4.69) is 29.5 Å². The van der Waals surface area contributed by atoms with Crippen LogP contribution in [-0.4, -0.2) is 16.8 Å². The van der Waals surface area contributed by atoms with Gasteiger partial charge in [-0.3, -0.25) is 9.59 Å². The maximum atomic E-state index is 12.5. The number of nitrogens with one attached hydrogen (secondary N) is 2. The average molecular weight is 359 g/mol. The van der Waals surface area contributed by atoms with Crippen LogP contribution in [0.3, 0.4) is 0 Å². The van der Waals surface area contributed by atoms with Crippen molar-refractivity contribution >= 4 is 23.2 Å². The molecule has 0 unspecified atom stereocenters. The van der Waals surface area contributed by atoms with E-state index in [4.69, 9.17) is 0 Å². The number of hydrogen-bond acceptors (Lipinski definition) is 3. The van der Waals surface area contributed by atoms with E-state index >= 15 is 0 Å². The van der Waals surface area contributed by atoms with Gasteiger partial charge in [-0.2, -0.15) is 0 Å². The number of para-hydroxylation sites is 1. The van der Waals surface area contributed by atoms with Crippen LogP contribution >= 0.6 is 0 Å². The van der Waals surface area contributed by atoms with Crippen LogP contribution in [0, 0.1) is 0 Å². The molecule has 0 radical (unpaired) electrons. The number of aromatic nitrogens is 1. The summed E-state index contributed by atoms with van der Waals surface area (Å²) in [6.07, 6.45) is 0. The molecule has 2 amide bonds. The highest BCUT2D eigenvalue weighted by atomic mass is 16.2. The van der Waals surface area contributed by atoms with Gasteiger partial charge < -0.3 is 10.6 Å². The van der Waals surface area contributed by atoms with Gasteiger partial charge in [0.05, 0.1) is 0 Å². The summed E-state index contributed by atoms with van der Waals surface area (Å²) >= 11 is 0. The summed E-state index contributed by atoms with van der Waals surface area (Å²) in [6, 6.07) is 21.6. The summed E-state index contributed by atoms with van der Waals surface area (Å²) in [7, 11) is 0. The molecule has 0 atom stereocenters. The topological polar surface area (TPSA) is 71.1 Å². The van der Waals surface area contributed by atoms with Gasteiger partial charge in [0.25, 0.3) is 11.8 Å². The molecule has 2 N–H and O–H groups in total. The molecule has 5 nitrogen and oxygen atoms in total. The minimum absolute atomic E-state index is 0.182. The highest BCUT2D eigenvalue weighted by Crippen LogP contribution is 2.17. The highest BCUT2D eigenvalue weighted by molar-refractivity contribution is 6.06. The lowest BCUT2D eigenvalue weighted by Gasteiger charge is -2.09. The molecule has 0 aliphatic rings. The number of benzene rings is 2. The van der Waals surface area contributed by atoms with Crippen molar-refractivity contribution in [2.24, 2.45) is 0 Å². The SMILES string of the molecule is CC(C)c1ccc(NC(=O)c2cccc(C(=O)Nc3ccccc3)n2)cc1. The van der Waals surface area contributed by atoms with Gasteiger partial charge in [0.2, 0.25) is 0 Å². The molecular formula is C22H21N3O2. The first kappa shape index (κ1) is 18.3. The molecule has 0 saturated heterocycles. The number of carbonyl (C=O) groups is 2. The fourth-order valence-corrected chi connectivity index (χ4v) is 2.55. The summed E-state index contributed by atoms with van der Waals surface area (Å²) in [6.45, 7) is 4.23. The molecule has 5 heteroatoms. The maximum Gasteiger partial charge on any atom is 0.274 e. The van der Waals surface area contributed by atoms with Crippen LogP contribution in [0.1, 0.15) is 46.3 Å². The number of pyridine rings is 1. The smallest absolute Gasteiger partial charge is 0.274 e. The Labute approximate surface area is 158 Å². The third-order valence-electron chi connectivity index (χ3n) is 4.08. The molecule has 0 fully saturated rings. The molecular weight excluding hydrogens is 338 g/mol. The fourth-order valence-electron chi connectivity index (χ4n) is 2.55. The van der Waals surface area contributed by atoms with E-state index in [1.807, 2.05) is 42.5 Å². The van der Waals surface area contributed by atoms with Crippen LogP contribution in [0.4, 0.5) is 11.4 Å². The minimum atomic E-state index is -0.364. The van der Waals surface area contributed by atoms with Crippen molar-refractivity contribution in [3.05, 3.63) is 89.7 Å². The molecule has 1 aromatic heterocycles. The Morgan fingerprint density at radius 2 is 1.22 bits per heavy atom. The van der Waals surface area contributed by atoms with Crippen LogP contribution in [0.15, 0.2) is 72.8 Å². The average Bonchev–Trinajstić information content (AvgIpc) is 2.69. The zero-order valence-electron chi connectivity index (χ0n) is 15.3. The third kappa shape index (κ3) is 4.79. The Hall–Kier alpha value is -3.47. The standard InChI is InChI=1S/C22H21N3O2/c1-15(2)16-11-13-18(14-12-16)24-22(27)20-10-6-9-19(25-20)21(26)23-17-7-4-3-5-8-17/h3-15H,1-2H3,(H,23,26)(H,24,27). The normalized spacial score (nSPS) is 10.5. The van der Waals surface area contributed by atoms with Crippen molar-refractivity contribution in [2.75, 3.05) is 10.6 Å². The minimum Gasteiger partial charge on any atom is -0.321 e. The largest absolute Gasteiger partial charge is 0.321 e. The number of anilines is 2. The fraction of sp³-hybridized carbons (Fsp3) is 0.136. The Morgan fingerprint density at radius 1 is 0.704 bits per heavy atom. The van der Waals surface area contributed by atoms with Crippen molar-refractivity contribution in [3.63, 3.8) is 0 Å². The third-order valence-corrected chi connectivity index (χ3v) is 4.08. The Morgan fingerprint density at radius 3 is 1.74 bits per heavy atom. The van der Waals surface area contributed by atoms with Crippen molar-refractivity contribution in [1.82, 2.24) is 4.98 Å². The van der Waals surface area contributed by atoms with Gasteiger partial charge in [0.15, 0.2) is 0 Å². The second-order valence-corrected chi connectivity index (χ2v) is 6.46. The summed E-state index contributed by atoms with van der Waals surface area (Å²) in [5.41, 5.74) is 2.92. The number of amides is 2. The van der Waals surface area contributed by atoms with Gasteiger partial charge in [0.1, 0.15) is 11.4 Å². The lowest BCUT2D eigenvalue weighted by molar-refractivity contribution is 0.101. The first-order valence-corrected chi connectivity index (χ1v) is 8.77. The lowest BCUT2D eigenvalue weighted by atomic mass is 10.0. The lowest BCUT2D eigenvalue weighted by Crippen LogP contribution is -2.18. The predicted molar refractivity (Wildman–Crippen MR) is 107 cm³/mol. The van der Waals surface area contributed by atoms with Gasteiger partial charge in [-0.15, -0.1) is 0 Å². The summed E-state index contributed by atoms with van der Waals surface area (Å²) in [5, 5.41) is 5.56. The molecule has 0 saturated carbocycles. The van der Waals surface area contributed by atoms with Crippen LogP contribution in [-0.2, 0) is 0 Å². The van der Waals surface area contributed by atoms with Crippen molar-refractivity contribution in [3.8, 4) is 0 Å². The van der Waals surface area contributed by atoms with Gasteiger partial charge >= 0.3 is 0 Å². The molecule has 27 heavy (non-hydrogen) atoms. The van der Waals surface area contributed by atoms with Gasteiger partial charge in [-0.1, -0.05) is 50.2 Å². The molecule has 0 aliphatic heterocycles. The van der Waals surface area contributed by atoms with E-state index in [0.717, 1.165) is 0 Å². The summed E-state index contributed by atoms with van der Waals surface area (Å²) in [5.74, 6) is -0.296. The molecule has 0 bridgehead atoms. The van der Waals surface area contributed by atoms with Crippen LogP contribution in [0.2, 0.25) is 0 Å². The molecule has 3 rings (SSSR count). The van der Waals surface area contributed by atoms with Crippen molar-refractivity contribution < 1.29 is 9.59 Å². The van der Waals surface area contributed by atoms with Gasteiger partial charge in [0, 0.05) is 11.4 Å². The maximum absolute atomic E-state index is 12.5.